The predicted molar refractivity (Wildman–Crippen MR) is 102 cm³/mol. The van der Waals surface area contributed by atoms with Crippen molar-refractivity contribution in [1.82, 2.24) is 9.88 Å². The molecule has 1 aromatic rings. The summed E-state index contributed by atoms with van der Waals surface area (Å²) in [6.45, 7) is 8.06. The Hall–Kier alpha value is -1.66. The summed E-state index contributed by atoms with van der Waals surface area (Å²) in [4.78, 5) is 21.3. The molecule has 1 aliphatic heterocycles. The lowest BCUT2D eigenvalue weighted by atomic mass is 9.89. The molecule has 0 bridgehead atoms. The molecule has 140 valence electrons. The Labute approximate surface area is 151 Å². The van der Waals surface area contributed by atoms with Crippen molar-refractivity contribution in [3.8, 4) is 0 Å². The number of likely N-dealkylation sites (N-methyl/N-ethyl adjacent to an activating group) is 1. The zero-order valence-electron chi connectivity index (χ0n) is 15.8. The molecule has 0 aliphatic carbocycles. The number of pyridine rings is 1. The van der Waals surface area contributed by atoms with Crippen molar-refractivity contribution in [2.75, 3.05) is 43.4 Å². The Morgan fingerprint density at radius 3 is 2.36 bits per heavy atom. The van der Waals surface area contributed by atoms with Crippen LogP contribution < -0.4 is 10.2 Å². The second-order valence-corrected chi connectivity index (χ2v) is 7.14. The highest BCUT2D eigenvalue weighted by Crippen LogP contribution is 2.24. The first-order valence-electron chi connectivity index (χ1n) is 9.37. The number of piperazine rings is 1. The molecule has 1 aliphatic rings. The molecular weight excluding hydrogens is 316 g/mol. The SMILES string of the molecule is CCCC(O)(CCC)CC(=O)Nc1ccc(N2CCN(C)CC2)nc1. The highest BCUT2D eigenvalue weighted by Gasteiger charge is 2.28. The van der Waals surface area contributed by atoms with Gasteiger partial charge in [-0.15, -0.1) is 0 Å². The summed E-state index contributed by atoms with van der Waals surface area (Å²) in [5.74, 6) is 0.790. The van der Waals surface area contributed by atoms with Gasteiger partial charge in [-0.3, -0.25) is 4.79 Å². The van der Waals surface area contributed by atoms with Crippen LogP contribution in [-0.4, -0.2) is 59.7 Å². The topological polar surface area (TPSA) is 68.7 Å². The first kappa shape index (κ1) is 19.7. The average Bonchev–Trinajstić information content (AvgIpc) is 2.56. The van der Waals surface area contributed by atoms with E-state index in [2.05, 4.69) is 27.1 Å². The zero-order valence-corrected chi connectivity index (χ0v) is 15.8. The van der Waals surface area contributed by atoms with Crippen molar-refractivity contribution < 1.29 is 9.90 Å². The molecule has 2 rings (SSSR count). The Morgan fingerprint density at radius 1 is 1.20 bits per heavy atom. The van der Waals surface area contributed by atoms with Gasteiger partial charge in [0.15, 0.2) is 0 Å². The molecule has 0 spiro atoms. The van der Waals surface area contributed by atoms with E-state index in [9.17, 15) is 9.90 Å². The maximum Gasteiger partial charge on any atom is 0.227 e. The number of aliphatic hydroxyl groups is 1. The van der Waals surface area contributed by atoms with Crippen LogP contribution in [0.4, 0.5) is 11.5 Å². The average molecular weight is 348 g/mol. The number of rotatable bonds is 8. The predicted octanol–water partition coefficient (Wildman–Crippen LogP) is 2.49. The zero-order chi connectivity index (χ0) is 18.3. The molecule has 0 aromatic carbocycles. The first-order chi connectivity index (χ1) is 12.0. The maximum absolute atomic E-state index is 12.3. The summed E-state index contributed by atoms with van der Waals surface area (Å²) < 4.78 is 0. The molecule has 6 nitrogen and oxygen atoms in total. The van der Waals surface area contributed by atoms with Crippen molar-refractivity contribution in [2.24, 2.45) is 0 Å². The molecule has 0 saturated carbocycles. The quantitative estimate of drug-likeness (QED) is 0.755. The van der Waals surface area contributed by atoms with E-state index in [0.29, 0.717) is 18.5 Å². The third-order valence-electron chi connectivity index (χ3n) is 4.78. The molecule has 1 amide bonds. The molecule has 6 heteroatoms. The third-order valence-corrected chi connectivity index (χ3v) is 4.78. The lowest BCUT2D eigenvalue weighted by Crippen LogP contribution is -2.44. The Bertz CT molecular complexity index is 533. The van der Waals surface area contributed by atoms with Gasteiger partial charge in [0.2, 0.25) is 5.91 Å². The van der Waals surface area contributed by atoms with E-state index in [1.807, 2.05) is 26.0 Å². The van der Waals surface area contributed by atoms with Crippen LogP contribution in [0.25, 0.3) is 0 Å². The van der Waals surface area contributed by atoms with E-state index < -0.39 is 5.60 Å². The number of hydrogen-bond acceptors (Lipinski definition) is 5. The number of amides is 1. The Kier molecular flexibility index (Phi) is 7.20. The molecule has 25 heavy (non-hydrogen) atoms. The fraction of sp³-hybridized carbons (Fsp3) is 0.684. The summed E-state index contributed by atoms with van der Waals surface area (Å²) in [7, 11) is 2.13. The van der Waals surface area contributed by atoms with Crippen LogP contribution in [0.15, 0.2) is 18.3 Å². The molecular formula is C19H32N4O2. The molecule has 2 heterocycles. The number of carbonyl (C=O) groups excluding carboxylic acids is 1. The number of nitrogens with zero attached hydrogens (tertiary/aromatic N) is 3. The number of nitrogens with one attached hydrogen (secondary N) is 1. The van der Waals surface area contributed by atoms with Crippen LogP contribution in [0.2, 0.25) is 0 Å². The van der Waals surface area contributed by atoms with E-state index in [4.69, 9.17) is 0 Å². The van der Waals surface area contributed by atoms with Gasteiger partial charge in [0.1, 0.15) is 5.82 Å². The van der Waals surface area contributed by atoms with Crippen molar-refractivity contribution in [2.45, 2.75) is 51.6 Å². The Balaban J connectivity index is 1.90. The third kappa shape index (κ3) is 5.97. The van der Waals surface area contributed by atoms with Crippen LogP contribution in [0.1, 0.15) is 46.0 Å². The van der Waals surface area contributed by atoms with E-state index in [0.717, 1.165) is 44.8 Å². The number of hydrogen-bond donors (Lipinski definition) is 2. The molecule has 2 N–H and O–H groups in total. The van der Waals surface area contributed by atoms with Gasteiger partial charge < -0.3 is 20.2 Å². The van der Waals surface area contributed by atoms with Crippen molar-refractivity contribution >= 4 is 17.4 Å². The van der Waals surface area contributed by atoms with E-state index in [1.165, 1.54) is 0 Å². The summed E-state index contributed by atoms with van der Waals surface area (Å²) in [6.07, 6.45) is 4.86. The van der Waals surface area contributed by atoms with Gasteiger partial charge in [-0.25, -0.2) is 4.98 Å². The molecule has 1 saturated heterocycles. The Morgan fingerprint density at radius 2 is 1.84 bits per heavy atom. The van der Waals surface area contributed by atoms with Crippen molar-refractivity contribution in [3.63, 3.8) is 0 Å². The number of aromatic nitrogens is 1. The number of carbonyl (C=O) groups is 1. The summed E-state index contributed by atoms with van der Waals surface area (Å²) in [5, 5.41) is 13.5. The highest BCUT2D eigenvalue weighted by atomic mass is 16.3. The molecule has 0 radical (unpaired) electrons. The number of anilines is 2. The lowest BCUT2D eigenvalue weighted by molar-refractivity contribution is -0.121. The van der Waals surface area contributed by atoms with Crippen LogP contribution in [0.5, 0.6) is 0 Å². The summed E-state index contributed by atoms with van der Waals surface area (Å²) in [5.41, 5.74) is -0.223. The second kappa shape index (κ2) is 9.15. The van der Waals surface area contributed by atoms with Crippen molar-refractivity contribution in [1.29, 1.82) is 0 Å². The fourth-order valence-corrected chi connectivity index (χ4v) is 3.42. The summed E-state index contributed by atoms with van der Waals surface area (Å²) in [6, 6.07) is 3.84. The lowest BCUT2D eigenvalue weighted by Gasteiger charge is -2.33. The molecule has 0 atom stereocenters. The van der Waals surface area contributed by atoms with Crippen LogP contribution in [0.3, 0.4) is 0 Å². The molecule has 1 aromatic heterocycles. The fourth-order valence-electron chi connectivity index (χ4n) is 3.42. The minimum atomic E-state index is -0.902. The highest BCUT2D eigenvalue weighted by molar-refractivity contribution is 5.91. The van der Waals surface area contributed by atoms with Gasteiger partial charge in [0.25, 0.3) is 0 Å². The van der Waals surface area contributed by atoms with E-state index >= 15 is 0 Å². The van der Waals surface area contributed by atoms with Crippen LogP contribution >= 0.6 is 0 Å². The van der Waals surface area contributed by atoms with Gasteiger partial charge in [0, 0.05) is 26.2 Å². The first-order valence-corrected chi connectivity index (χ1v) is 9.37. The minimum Gasteiger partial charge on any atom is -0.389 e. The molecule has 0 unspecified atom stereocenters. The minimum absolute atomic E-state index is 0.134. The van der Waals surface area contributed by atoms with Gasteiger partial charge in [-0.2, -0.15) is 0 Å². The maximum atomic E-state index is 12.3. The summed E-state index contributed by atoms with van der Waals surface area (Å²) >= 11 is 0. The normalized spacial score (nSPS) is 16.1. The standard InChI is InChI=1S/C19H32N4O2/c1-4-8-19(25,9-5-2)14-18(24)21-16-6-7-17(20-15-16)23-12-10-22(3)11-13-23/h6-7,15,25H,4-5,8-14H2,1-3H3,(H,21,24). The van der Waals surface area contributed by atoms with Crippen molar-refractivity contribution in [3.05, 3.63) is 18.3 Å². The van der Waals surface area contributed by atoms with Crippen LogP contribution in [0, 0.1) is 0 Å². The molecule has 1 fully saturated rings. The van der Waals surface area contributed by atoms with E-state index in [-0.39, 0.29) is 12.3 Å². The van der Waals surface area contributed by atoms with Gasteiger partial charge in [0.05, 0.1) is 23.9 Å². The second-order valence-electron chi connectivity index (χ2n) is 7.14. The van der Waals surface area contributed by atoms with Gasteiger partial charge in [-0.1, -0.05) is 26.7 Å². The van der Waals surface area contributed by atoms with E-state index in [1.54, 1.807) is 6.20 Å². The van der Waals surface area contributed by atoms with Gasteiger partial charge in [-0.05, 0) is 32.0 Å². The largest absolute Gasteiger partial charge is 0.389 e. The van der Waals surface area contributed by atoms with Crippen LogP contribution in [-0.2, 0) is 4.79 Å². The monoisotopic (exact) mass is 348 g/mol. The van der Waals surface area contributed by atoms with Gasteiger partial charge >= 0.3 is 0 Å². The smallest absolute Gasteiger partial charge is 0.227 e.